The Morgan fingerprint density at radius 3 is 2.21 bits per heavy atom. The highest BCUT2D eigenvalue weighted by molar-refractivity contribution is 7.13. The molecule has 3 heterocycles. The minimum absolute atomic E-state index is 0.0373. The number of nitrogens with zero attached hydrogens (tertiary/aromatic N) is 5. The quantitative estimate of drug-likeness (QED) is 0.595. The lowest BCUT2D eigenvalue weighted by atomic mass is 10.1. The lowest BCUT2D eigenvalue weighted by molar-refractivity contribution is -0.133. The Balaban J connectivity index is 1.26. The first-order chi connectivity index (χ1) is 15.8. The molecule has 4 amide bonds. The molecule has 4 rings (SSSR count). The third-order valence-corrected chi connectivity index (χ3v) is 7.08. The summed E-state index contributed by atoms with van der Waals surface area (Å²) in [5, 5.41) is 0.892. The highest BCUT2D eigenvalue weighted by Gasteiger charge is 2.35. The van der Waals surface area contributed by atoms with Crippen LogP contribution in [0.1, 0.15) is 47.5 Å². The number of thiazole rings is 1. The summed E-state index contributed by atoms with van der Waals surface area (Å²) in [6.45, 7) is 5.14. The lowest BCUT2D eigenvalue weighted by Crippen LogP contribution is -2.49. The number of aromatic nitrogens is 1. The Morgan fingerprint density at radius 1 is 1.03 bits per heavy atom. The molecule has 2 aromatic rings. The molecule has 1 saturated heterocycles. The molecule has 0 spiro atoms. The van der Waals surface area contributed by atoms with E-state index >= 15 is 0 Å². The molecular weight excluding hydrogens is 442 g/mol. The number of rotatable bonds is 6. The summed E-state index contributed by atoms with van der Waals surface area (Å²) >= 11 is 1.42. The van der Waals surface area contributed by atoms with E-state index in [-0.39, 0.29) is 36.6 Å². The maximum absolute atomic E-state index is 12.7. The zero-order chi connectivity index (χ0) is 23.7. The van der Waals surface area contributed by atoms with Crippen LogP contribution in [0, 0.1) is 6.92 Å². The summed E-state index contributed by atoms with van der Waals surface area (Å²) in [4.78, 5) is 61.8. The average molecular weight is 470 g/mol. The van der Waals surface area contributed by atoms with Gasteiger partial charge in [-0.05, 0) is 19.1 Å². The molecule has 0 bridgehead atoms. The standard InChI is InChI=1S/C23H27N5O4S/c1-15-20(23(32)25(2)3)33-18(24-15)14-26-10-12-27(13-11-26)19(29)8-9-28-21(30)16-6-4-5-7-17(16)22(28)31/h4-7H,8-14H2,1-3H3. The van der Waals surface area contributed by atoms with E-state index in [0.29, 0.717) is 48.7 Å². The van der Waals surface area contributed by atoms with Crippen molar-refractivity contribution in [2.75, 3.05) is 46.8 Å². The monoisotopic (exact) mass is 469 g/mol. The van der Waals surface area contributed by atoms with Gasteiger partial charge in [-0.2, -0.15) is 0 Å². The first kappa shape index (κ1) is 23.1. The number of hydrogen-bond acceptors (Lipinski definition) is 7. The normalized spacial score (nSPS) is 16.3. The maximum Gasteiger partial charge on any atom is 0.265 e. The molecule has 33 heavy (non-hydrogen) atoms. The van der Waals surface area contributed by atoms with Crippen molar-refractivity contribution in [1.29, 1.82) is 0 Å². The van der Waals surface area contributed by atoms with Crippen LogP contribution in [0.15, 0.2) is 24.3 Å². The molecule has 0 aliphatic carbocycles. The van der Waals surface area contributed by atoms with Gasteiger partial charge in [0, 0.05) is 53.2 Å². The van der Waals surface area contributed by atoms with Crippen LogP contribution in [0.3, 0.4) is 0 Å². The van der Waals surface area contributed by atoms with Crippen LogP contribution < -0.4 is 0 Å². The van der Waals surface area contributed by atoms with Crippen molar-refractivity contribution in [3.8, 4) is 0 Å². The summed E-state index contributed by atoms with van der Waals surface area (Å²) in [5.41, 5.74) is 1.54. The molecule has 9 nitrogen and oxygen atoms in total. The van der Waals surface area contributed by atoms with Crippen LogP contribution >= 0.6 is 11.3 Å². The van der Waals surface area contributed by atoms with Crippen molar-refractivity contribution in [2.45, 2.75) is 19.9 Å². The molecule has 1 fully saturated rings. The van der Waals surface area contributed by atoms with Gasteiger partial charge in [0.2, 0.25) is 5.91 Å². The van der Waals surface area contributed by atoms with Gasteiger partial charge < -0.3 is 9.80 Å². The van der Waals surface area contributed by atoms with Gasteiger partial charge in [-0.1, -0.05) is 12.1 Å². The number of hydrogen-bond donors (Lipinski definition) is 0. The van der Waals surface area contributed by atoms with E-state index in [9.17, 15) is 19.2 Å². The molecule has 0 radical (unpaired) electrons. The van der Waals surface area contributed by atoms with Crippen molar-refractivity contribution in [2.24, 2.45) is 0 Å². The van der Waals surface area contributed by atoms with E-state index in [2.05, 4.69) is 9.88 Å². The number of amides is 4. The number of piperazine rings is 1. The van der Waals surface area contributed by atoms with Crippen LogP contribution in [-0.4, -0.2) is 95.0 Å². The van der Waals surface area contributed by atoms with Crippen molar-refractivity contribution in [3.05, 3.63) is 51.0 Å². The van der Waals surface area contributed by atoms with Crippen LogP contribution in [-0.2, 0) is 11.3 Å². The van der Waals surface area contributed by atoms with E-state index in [1.165, 1.54) is 11.3 Å². The number of fused-ring (bicyclic) bond motifs is 1. The molecule has 0 atom stereocenters. The first-order valence-corrected chi connectivity index (χ1v) is 11.7. The van der Waals surface area contributed by atoms with Gasteiger partial charge in [0.1, 0.15) is 9.88 Å². The van der Waals surface area contributed by atoms with Gasteiger partial charge in [0.05, 0.1) is 23.4 Å². The zero-order valence-corrected chi connectivity index (χ0v) is 19.9. The largest absolute Gasteiger partial charge is 0.344 e. The second-order valence-electron chi connectivity index (χ2n) is 8.44. The number of aryl methyl sites for hydroxylation is 1. The van der Waals surface area contributed by atoms with Gasteiger partial charge in [0.25, 0.3) is 17.7 Å². The predicted octanol–water partition coefficient (Wildman–Crippen LogP) is 1.48. The van der Waals surface area contributed by atoms with E-state index in [4.69, 9.17) is 0 Å². The number of imide groups is 1. The zero-order valence-electron chi connectivity index (χ0n) is 19.0. The Morgan fingerprint density at radius 2 is 1.64 bits per heavy atom. The number of benzene rings is 1. The number of carbonyl (C=O) groups excluding carboxylic acids is 4. The molecule has 2 aliphatic heterocycles. The molecular formula is C23H27N5O4S. The van der Waals surface area contributed by atoms with Gasteiger partial charge in [-0.15, -0.1) is 11.3 Å². The lowest BCUT2D eigenvalue weighted by Gasteiger charge is -2.34. The molecule has 1 aromatic heterocycles. The summed E-state index contributed by atoms with van der Waals surface area (Å²) in [6, 6.07) is 6.73. The van der Waals surface area contributed by atoms with Crippen molar-refractivity contribution in [1.82, 2.24) is 24.6 Å². The Bertz CT molecular complexity index is 1070. The molecule has 1 aromatic carbocycles. The maximum atomic E-state index is 12.7. The molecule has 10 heteroatoms. The van der Waals surface area contributed by atoms with Gasteiger partial charge >= 0.3 is 0 Å². The van der Waals surface area contributed by atoms with Crippen LogP contribution in [0.25, 0.3) is 0 Å². The third kappa shape index (κ3) is 4.67. The fraction of sp³-hybridized carbons (Fsp3) is 0.435. The minimum Gasteiger partial charge on any atom is -0.344 e. The molecule has 0 saturated carbocycles. The van der Waals surface area contributed by atoms with E-state index < -0.39 is 0 Å². The van der Waals surface area contributed by atoms with Crippen molar-refractivity contribution >= 4 is 35.0 Å². The summed E-state index contributed by atoms with van der Waals surface area (Å²) < 4.78 is 0. The first-order valence-electron chi connectivity index (χ1n) is 10.9. The predicted molar refractivity (Wildman–Crippen MR) is 123 cm³/mol. The van der Waals surface area contributed by atoms with Gasteiger partial charge in [-0.25, -0.2) is 4.98 Å². The molecule has 0 unspecified atom stereocenters. The number of carbonyl (C=O) groups is 4. The Labute approximate surface area is 196 Å². The second-order valence-corrected chi connectivity index (χ2v) is 9.52. The van der Waals surface area contributed by atoms with E-state index in [1.807, 2.05) is 6.92 Å². The third-order valence-electron chi connectivity index (χ3n) is 5.95. The summed E-state index contributed by atoms with van der Waals surface area (Å²) in [7, 11) is 3.46. The molecule has 174 valence electrons. The fourth-order valence-corrected chi connectivity index (χ4v) is 5.20. The van der Waals surface area contributed by atoms with Crippen LogP contribution in [0.2, 0.25) is 0 Å². The van der Waals surface area contributed by atoms with Crippen molar-refractivity contribution < 1.29 is 19.2 Å². The summed E-state index contributed by atoms with van der Waals surface area (Å²) in [6.07, 6.45) is 0.118. The van der Waals surface area contributed by atoms with E-state index in [1.54, 1.807) is 48.2 Å². The highest BCUT2D eigenvalue weighted by Crippen LogP contribution is 2.23. The van der Waals surface area contributed by atoms with Crippen molar-refractivity contribution in [3.63, 3.8) is 0 Å². The highest BCUT2D eigenvalue weighted by atomic mass is 32.1. The van der Waals surface area contributed by atoms with Crippen LogP contribution in [0.4, 0.5) is 0 Å². The SMILES string of the molecule is Cc1nc(CN2CCN(C(=O)CCN3C(=O)c4ccccc4C3=O)CC2)sc1C(=O)N(C)C. The van der Waals surface area contributed by atoms with Crippen LogP contribution in [0.5, 0.6) is 0 Å². The Kier molecular flexibility index (Phi) is 6.57. The molecule has 0 N–H and O–H groups in total. The smallest absolute Gasteiger partial charge is 0.265 e. The minimum atomic E-state index is -0.334. The van der Waals surface area contributed by atoms with Gasteiger partial charge in [-0.3, -0.25) is 29.0 Å². The second kappa shape index (κ2) is 9.40. The Hall–Kier alpha value is -3.11. The summed E-state index contributed by atoms with van der Waals surface area (Å²) in [5.74, 6) is -0.766. The fourth-order valence-electron chi connectivity index (χ4n) is 4.08. The topological polar surface area (TPSA) is 94.1 Å². The van der Waals surface area contributed by atoms with E-state index in [0.717, 1.165) is 15.6 Å². The van der Waals surface area contributed by atoms with Gasteiger partial charge in [0.15, 0.2) is 0 Å². The molecule has 2 aliphatic rings. The average Bonchev–Trinajstić information content (AvgIpc) is 3.29.